The number of rotatable bonds is 5. The van der Waals surface area contributed by atoms with E-state index in [1.165, 1.54) is 12.1 Å². The molecule has 0 aliphatic carbocycles. The van der Waals surface area contributed by atoms with Gasteiger partial charge in [0.1, 0.15) is 11.3 Å². The number of fused-ring (bicyclic) bond motifs is 1. The van der Waals surface area contributed by atoms with Gasteiger partial charge >= 0.3 is 0 Å². The van der Waals surface area contributed by atoms with Gasteiger partial charge in [0.05, 0.1) is 17.9 Å². The number of hydrazone groups is 1. The van der Waals surface area contributed by atoms with Crippen molar-refractivity contribution in [2.75, 3.05) is 5.43 Å². The Hall–Kier alpha value is -3.08. The van der Waals surface area contributed by atoms with Crippen molar-refractivity contribution in [2.45, 2.75) is 13.3 Å². The molecule has 1 N–H and O–H groups in total. The minimum absolute atomic E-state index is 0.133. The summed E-state index contributed by atoms with van der Waals surface area (Å²) in [6, 6.07) is 14.0. The average molecular weight is 307 g/mol. The Kier molecular flexibility index (Phi) is 4.10. The number of carboxylic acids is 1. The second-order valence-electron chi connectivity index (χ2n) is 5.02. The highest BCUT2D eigenvalue weighted by atomic mass is 16.4. The lowest BCUT2D eigenvalue weighted by Crippen LogP contribution is -2.21. The Balaban J connectivity index is 1.81. The lowest BCUT2D eigenvalue weighted by molar-refractivity contribution is -0.255. The fourth-order valence-electron chi connectivity index (χ4n) is 2.37. The third-order valence-corrected chi connectivity index (χ3v) is 3.54. The fraction of sp³-hybridized carbons (Fsp3) is 0.111. The van der Waals surface area contributed by atoms with Gasteiger partial charge in [-0.3, -0.25) is 5.43 Å². The largest absolute Gasteiger partial charge is 0.545 e. The smallest absolute Gasteiger partial charge is 0.134 e. The van der Waals surface area contributed by atoms with E-state index in [0.29, 0.717) is 5.69 Å². The van der Waals surface area contributed by atoms with Crippen LogP contribution in [0.15, 0.2) is 58.0 Å². The molecular weight excluding hydrogens is 292 g/mol. The molecule has 5 heteroatoms. The molecule has 116 valence electrons. The molecule has 3 rings (SSSR count). The highest BCUT2D eigenvalue weighted by Gasteiger charge is 2.10. The van der Waals surface area contributed by atoms with Gasteiger partial charge < -0.3 is 14.3 Å². The molecular formula is C18H15N2O3-. The van der Waals surface area contributed by atoms with Crippen LogP contribution in [0.1, 0.15) is 28.6 Å². The Labute approximate surface area is 133 Å². The number of nitrogens with zero attached hydrogens (tertiary/aromatic N) is 1. The Bertz CT molecular complexity index is 864. The van der Waals surface area contributed by atoms with E-state index in [0.717, 1.165) is 28.7 Å². The first kappa shape index (κ1) is 14.8. The minimum atomic E-state index is -1.20. The van der Waals surface area contributed by atoms with Crippen molar-refractivity contribution in [2.24, 2.45) is 5.10 Å². The van der Waals surface area contributed by atoms with Crippen LogP contribution in [0.4, 0.5) is 5.69 Å². The van der Waals surface area contributed by atoms with Crippen LogP contribution < -0.4 is 10.5 Å². The first-order valence-corrected chi connectivity index (χ1v) is 7.30. The molecule has 1 aromatic heterocycles. The number of carbonyl (C=O) groups is 1. The zero-order valence-corrected chi connectivity index (χ0v) is 12.6. The van der Waals surface area contributed by atoms with Crippen LogP contribution >= 0.6 is 0 Å². The number of nitrogens with one attached hydrogen (secondary N) is 1. The first-order valence-electron chi connectivity index (χ1n) is 7.30. The lowest BCUT2D eigenvalue weighted by atomic mass is 10.1. The topological polar surface area (TPSA) is 77.7 Å². The van der Waals surface area contributed by atoms with E-state index < -0.39 is 5.97 Å². The summed E-state index contributed by atoms with van der Waals surface area (Å²) in [4.78, 5) is 10.7. The van der Waals surface area contributed by atoms with Crippen LogP contribution in [0.3, 0.4) is 0 Å². The minimum Gasteiger partial charge on any atom is -0.545 e. The number of aromatic carboxylic acids is 1. The van der Waals surface area contributed by atoms with Gasteiger partial charge in [-0.15, -0.1) is 0 Å². The van der Waals surface area contributed by atoms with Crippen molar-refractivity contribution < 1.29 is 14.3 Å². The second-order valence-corrected chi connectivity index (χ2v) is 5.02. The van der Waals surface area contributed by atoms with Crippen molar-refractivity contribution in [3.63, 3.8) is 0 Å². The molecule has 0 radical (unpaired) electrons. The molecule has 23 heavy (non-hydrogen) atoms. The second kappa shape index (κ2) is 6.36. The number of para-hydroxylation sites is 1. The molecule has 1 heterocycles. The summed E-state index contributed by atoms with van der Waals surface area (Å²) >= 11 is 0. The summed E-state index contributed by atoms with van der Waals surface area (Å²) in [6.07, 6.45) is 2.49. The van der Waals surface area contributed by atoms with Crippen molar-refractivity contribution in [1.29, 1.82) is 0 Å². The maximum absolute atomic E-state index is 10.7. The Morgan fingerprint density at radius 1 is 1.22 bits per heavy atom. The summed E-state index contributed by atoms with van der Waals surface area (Å²) in [5, 5.41) is 15.9. The number of hydrogen-bond donors (Lipinski definition) is 1. The molecule has 3 aromatic rings. The fourth-order valence-corrected chi connectivity index (χ4v) is 2.37. The molecule has 0 aliphatic rings. The Morgan fingerprint density at radius 3 is 2.65 bits per heavy atom. The number of carbonyl (C=O) groups excluding carboxylic acids is 1. The van der Waals surface area contributed by atoms with Crippen LogP contribution in [0, 0.1) is 0 Å². The molecule has 0 saturated carbocycles. The van der Waals surface area contributed by atoms with Crippen LogP contribution in [0.5, 0.6) is 0 Å². The highest BCUT2D eigenvalue weighted by molar-refractivity contribution is 5.99. The molecule has 0 spiro atoms. The monoisotopic (exact) mass is 307 g/mol. The van der Waals surface area contributed by atoms with Gasteiger partial charge in [-0.2, -0.15) is 5.10 Å². The summed E-state index contributed by atoms with van der Waals surface area (Å²) in [6.45, 7) is 2.03. The summed E-state index contributed by atoms with van der Waals surface area (Å²) in [7, 11) is 0. The quantitative estimate of drug-likeness (QED) is 0.581. The van der Waals surface area contributed by atoms with Crippen molar-refractivity contribution in [3.05, 3.63) is 65.4 Å². The summed E-state index contributed by atoms with van der Waals surface area (Å²) in [5.74, 6) is -0.318. The van der Waals surface area contributed by atoms with E-state index in [9.17, 15) is 9.90 Å². The third-order valence-electron chi connectivity index (χ3n) is 3.54. The van der Waals surface area contributed by atoms with Crippen LogP contribution in [-0.4, -0.2) is 12.2 Å². The van der Waals surface area contributed by atoms with Gasteiger partial charge in [-0.05, 0) is 23.8 Å². The van der Waals surface area contributed by atoms with Gasteiger partial charge in [0.2, 0.25) is 0 Å². The molecule has 2 aromatic carbocycles. The molecule has 0 aliphatic heterocycles. The third kappa shape index (κ3) is 3.08. The predicted molar refractivity (Wildman–Crippen MR) is 87.6 cm³/mol. The van der Waals surface area contributed by atoms with Crippen molar-refractivity contribution in [3.8, 4) is 0 Å². The van der Waals surface area contributed by atoms with Gasteiger partial charge in [0.25, 0.3) is 0 Å². The number of furan rings is 1. The molecule has 0 bridgehead atoms. The number of anilines is 1. The van der Waals surface area contributed by atoms with E-state index in [-0.39, 0.29) is 5.56 Å². The SMILES string of the molecule is CCc1oc2ccccc2c1/C=N\Nc1ccc(C(=O)[O-])cc1. The number of carboxylic acid groups (broad SMARTS) is 1. The number of aryl methyl sites for hydroxylation is 1. The maximum Gasteiger partial charge on any atom is 0.134 e. The predicted octanol–water partition coefficient (Wildman–Crippen LogP) is 2.80. The van der Waals surface area contributed by atoms with Gasteiger partial charge in [-0.25, -0.2) is 0 Å². The van der Waals surface area contributed by atoms with E-state index in [1.54, 1.807) is 18.3 Å². The molecule has 0 atom stereocenters. The molecule has 0 unspecified atom stereocenters. The Morgan fingerprint density at radius 2 is 1.96 bits per heavy atom. The zero-order chi connectivity index (χ0) is 16.2. The van der Waals surface area contributed by atoms with Gasteiger partial charge in [0.15, 0.2) is 0 Å². The van der Waals surface area contributed by atoms with Crippen LogP contribution in [0.2, 0.25) is 0 Å². The van der Waals surface area contributed by atoms with E-state index >= 15 is 0 Å². The van der Waals surface area contributed by atoms with Crippen molar-refractivity contribution in [1.82, 2.24) is 0 Å². The lowest BCUT2D eigenvalue weighted by Gasteiger charge is -2.04. The van der Waals surface area contributed by atoms with E-state index in [4.69, 9.17) is 4.42 Å². The summed E-state index contributed by atoms with van der Waals surface area (Å²) in [5.41, 5.74) is 5.49. The average Bonchev–Trinajstić information content (AvgIpc) is 2.93. The van der Waals surface area contributed by atoms with E-state index in [2.05, 4.69) is 10.5 Å². The molecule has 0 amide bonds. The van der Waals surface area contributed by atoms with Gasteiger partial charge in [-0.1, -0.05) is 37.3 Å². The van der Waals surface area contributed by atoms with E-state index in [1.807, 2.05) is 31.2 Å². The van der Waals surface area contributed by atoms with Crippen LogP contribution in [0.25, 0.3) is 11.0 Å². The highest BCUT2D eigenvalue weighted by Crippen LogP contribution is 2.24. The molecule has 0 saturated heterocycles. The number of benzene rings is 2. The molecule has 5 nitrogen and oxygen atoms in total. The number of hydrogen-bond acceptors (Lipinski definition) is 5. The summed E-state index contributed by atoms with van der Waals surface area (Å²) < 4.78 is 5.80. The molecule has 0 fully saturated rings. The normalized spacial score (nSPS) is 11.2. The van der Waals surface area contributed by atoms with Crippen molar-refractivity contribution >= 4 is 28.8 Å². The van der Waals surface area contributed by atoms with Gasteiger partial charge in [0, 0.05) is 17.4 Å². The zero-order valence-electron chi connectivity index (χ0n) is 12.6. The maximum atomic E-state index is 10.7. The standard InChI is InChI=1S/C18H16N2O3/c1-2-16-15(14-5-3-4-6-17(14)23-16)11-19-20-13-9-7-12(8-10-13)18(21)22/h3-11,20H,2H2,1H3,(H,21,22)/p-1/b19-11-. The first-order chi connectivity index (χ1) is 11.2. The van der Waals surface area contributed by atoms with Crippen LogP contribution in [-0.2, 0) is 6.42 Å².